The van der Waals surface area contributed by atoms with Gasteiger partial charge in [-0.2, -0.15) is 5.10 Å². The van der Waals surface area contributed by atoms with Crippen molar-refractivity contribution < 1.29 is 18.9 Å². The average Bonchev–Trinajstić information content (AvgIpc) is 3.94. The van der Waals surface area contributed by atoms with Crippen molar-refractivity contribution in [2.45, 2.75) is 88.7 Å². The summed E-state index contributed by atoms with van der Waals surface area (Å²) in [5.41, 5.74) is 2.51. The molecule has 4 aromatic rings. The van der Waals surface area contributed by atoms with Crippen LogP contribution in [-0.2, 0) is 16.0 Å². The van der Waals surface area contributed by atoms with E-state index < -0.39 is 0 Å². The molecular weight excluding hydrogens is 646 g/mol. The summed E-state index contributed by atoms with van der Waals surface area (Å²) in [6, 6.07) is 7.83. The highest BCUT2D eigenvalue weighted by atomic mass is 35.5. The molecule has 1 saturated carbocycles. The van der Waals surface area contributed by atoms with E-state index in [4.69, 9.17) is 35.6 Å². The van der Waals surface area contributed by atoms with Crippen LogP contribution in [0.4, 0.5) is 11.6 Å². The van der Waals surface area contributed by atoms with Crippen molar-refractivity contribution in [1.82, 2.24) is 39.4 Å². The first kappa shape index (κ1) is 32.4. The Morgan fingerprint density at radius 3 is 2.45 bits per heavy atom. The number of fused-ring (bicyclic) bond motifs is 2. The minimum Gasteiger partial charge on any atom is -0.487 e. The van der Waals surface area contributed by atoms with Gasteiger partial charge in [-0.25, -0.2) is 19.6 Å². The van der Waals surface area contributed by atoms with Gasteiger partial charge in [0.25, 0.3) is 5.88 Å². The fraction of sp³-hybridized carbons (Fsp3) is 0.571. The number of nitrogens with zero attached hydrogens (tertiary/aromatic N) is 8. The molecule has 13 nitrogen and oxygen atoms in total. The monoisotopic (exact) mass is 689 g/mol. The van der Waals surface area contributed by atoms with Crippen LogP contribution in [0.5, 0.6) is 11.6 Å². The maximum atomic E-state index is 6.49. The molecule has 1 unspecified atom stereocenters. The smallest absolute Gasteiger partial charge is 0.256 e. The molecule has 6 heterocycles. The Hall–Kier alpha value is -3.78. The summed E-state index contributed by atoms with van der Waals surface area (Å²) >= 11 is 6.49. The van der Waals surface area contributed by atoms with Crippen LogP contribution in [0.1, 0.15) is 57.9 Å². The van der Waals surface area contributed by atoms with Crippen LogP contribution >= 0.6 is 11.6 Å². The minimum absolute atomic E-state index is 0.161. The van der Waals surface area contributed by atoms with Crippen LogP contribution in [0.15, 0.2) is 49.4 Å². The molecule has 4 atom stereocenters. The first-order valence-electron chi connectivity index (χ1n) is 17.6. The summed E-state index contributed by atoms with van der Waals surface area (Å²) in [6.07, 6.45) is 16.7. The fourth-order valence-electron chi connectivity index (χ4n) is 7.82. The van der Waals surface area contributed by atoms with Crippen LogP contribution < -0.4 is 14.8 Å². The highest BCUT2D eigenvalue weighted by molar-refractivity contribution is 6.32. The number of morpholine rings is 1. The second-order valence-corrected chi connectivity index (χ2v) is 14.2. The summed E-state index contributed by atoms with van der Waals surface area (Å²) in [5, 5.41) is 13.0. The number of nitrogens with one attached hydrogen (secondary N) is 1. The highest BCUT2D eigenvalue weighted by Crippen LogP contribution is 2.40. The van der Waals surface area contributed by atoms with E-state index in [-0.39, 0.29) is 6.10 Å². The van der Waals surface area contributed by atoms with Crippen molar-refractivity contribution in [3.8, 4) is 22.8 Å². The van der Waals surface area contributed by atoms with Gasteiger partial charge in [-0.05, 0) is 69.6 Å². The first-order chi connectivity index (χ1) is 24.1. The quantitative estimate of drug-likeness (QED) is 0.201. The van der Waals surface area contributed by atoms with Crippen LogP contribution in [0.25, 0.3) is 11.1 Å². The minimum atomic E-state index is -0.161. The van der Waals surface area contributed by atoms with Gasteiger partial charge >= 0.3 is 0 Å². The van der Waals surface area contributed by atoms with E-state index in [1.807, 2.05) is 25.1 Å². The molecule has 0 amide bonds. The molecule has 3 aliphatic heterocycles. The Kier molecular flexibility index (Phi) is 9.66. The first-order valence-corrected chi connectivity index (χ1v) is 18.0. The summed E-state index contributed by atoms with van der Waals surface area (Å²) in [4.78, 5) is 16.1. The third-order valence-corrected chi connectivity index (χ3v) is 10.7. The number of benzene rings is 1. The van der Waals surface area contributed by atoms with Gasteiger partial charge in [0, 0.05) is 48.6 Å². The second-order valence-electron chi connectivity index (χ2n) is 13.8. The predicted molar refractivity (Wildman–Crippen MR) is 183 cm³/mol. The lowest BCUT2D eigenvalue weighted by Crippen LogP contribution is -2.52. The zero-order chi connectivity index (χ0) is 33.2. The normalized spacial score (nSPS) is 26.1. The molecule has 260 valence electrons. The van der Waals surface area contributed by atoms with E-state index >= 15 is 0 Å². The lowest BCUT2D eigenvalue weighted by molar-refractivity contribution is -0.0458. The molecular formula is C35H44ClN9O4. The Morgan fingerprint density at radius 2 is 1.71 bits per heavy atom. The van der Waals surface area contributed by atoms with Gasteiger partial charge in [0.15, 0.2) is 0 Å². The topological polar surface area (TPSA) is 126 Å². The Balaban J connectivity index is 0.944. The molecule has 2 bridgehead atoms. The van der Waals surface area contributed by atoms with Crippen LogP contribution in [0.2, 0.25) is 5.02 Å². The summed E-state index contributed by atoms with van der Waals surface area (Å²) < 4.78 is 27.7. The zero-order valence-electron chi connectivity index (χ0n) is 27.9. The van der Waals surface area contributed by atoms with E-state index in [0.717, 1.165) is 62.5 Å². The van der Waals surface area contributed by atoms with Gasteiger partial charge in [-0.15, -0.1) is 5.10 Å². The molecule has 3 aromatic heterocycles. The number of rotatable bonds is 12. The van der Waals surface area contributed by atoms with Gasteiger partial charge in [-0.1, -0.05) is 17.7 Å². The van der Waals surface area contributed by atoms with Gasteiger partial charge < -0.3 is 24.3 Å². The molecule has 4 aliphatic rings. The SMILES string of the molecule is C[C@@H](Cn1cncn1)Oc1cc(-c2cnc(Nc3cn(C4CCC(N5[C@@H]6CC[C@@H]5COC6)CC4)nc3OCC3CCOC3)nc2)ccc1Cl. The van der Waals surface area contributed by atoms with E-state index in [1.54, 1.807) is 23.4 Å². The zero-order valence-corrected chi connectivity index (χ0v) is 28.6. The molecule has 0 radical (unpaired) electrons. The number of anilines is 2. The largest absolute Gasteiger partial charge is 0.487 e. The summed E-state index contributed by atoms with van der Waals surface area (Å²) in [7, 11) is 0. The highest BCUT2D eigenvalue weighted by Gasteiger charge is 2.42. The number of halogens is 1. The molecule has 49 heavy (non-hydrogen) atoms. The molecule has 1 aromatic carbocycles. The van der Waals surface area contributed by atoms with Crippen molar-refractivity contribution >= 4 is 23.2 Å². The number of hydrogen-bond acceptors (Lipinski definition) is 11. The van der Waals surface area contributed by atoms with Gasteiger partial charge in [-0.3, -0.25) is 9.58 Å². The average molecular weight is 690 g/mol. The van der Waals surface area contributed by atoms with Gasteiger partial charge in [0.05, 0.1) is 50.2 Å². The van der Waals surface area contributed by atoms with E-state index in [2.05, 4.69) is 41.1 Å². The Labute approximate surface area is 291 Å². The molecule has 4 fully saturated rings. The van der Waals surface area contributed by atoms with E-state index in [0.29, 0.717) is 65.8 Å². The lowest BCUT2D eigenvalue weighted by Gasteiger charge is -2.43. The molecule has 1 N–H and O–H groups in total. The predicted octanol–water partition coefficient (Wildman–Crippen LogP) is 5.56. The fourth-order valence-corrected chi connectivity index (χ4v) is 7.99. The van der Waals surface area contributed by atoms with Crippen molar-refractivity contribution in [2.75, 3.05) is 38.4 Å². The maximum Gasteiger partial charge on any atom is 0.256 e. The third-order valence-electron chi connectivity index (χ3n) is 10.3. The van der Waals surface area contributed by atoms with Crippen LogP contribution in [-0.4, -0.2) is 96.7 Å². The molecule has 1 aliphatic carbocycles. The van der Waals surface area contributed by atoms with Gasteiger partial charge in [0.2, 0.25) is 5.95 Å². The standard InChI is InChI=1S/C35H44ClN9O4/c1-23(15-43-22-37-21-40-43)49-33-12-25(2-9-31(33)36)26-13-38-35(39-14-26)41-32-16-44(42-34(32)48-18-24-10-11-46-17-24)27-3-5-28(6-4-27)45-29-7-8-30(45)20-47-19-29/h2,9,12-14,16,21-24,27-30H,3-8,10-11,15,17-20H2,1H3,(H,38,39,41)/t23-,24?,27?,28?,29+,30+/m0/s1. The van der Waals surface area contributed by atoms with Gasteiger partial charge in [0.1, 0.15) is 30.2 Å². The third kappa shape index (κ3) is 7.40. The van der Waals surface area contributed by atoms with Crippen molar-refractivity contribution in [3.05, 3.63) is 54.5 Å². The van der Waals surface area contributed by atoms with Crippen molar-refractivity contribution in [3.63, 3.8) is 0 Å². The second kappa shape index (κ2) is 14.6. The molecule has 8 rings (SSSR count). The lowest BCUT2D eigenvalue weighted by atomic mass is 9.89. The van der Waals surface area contributed by atoms with E-state index in [9.17, 15) is 0 Å². The summed E-state index contributed by atoms with van der Waals surface area (Å²) in [6.45, 7) is 6.37. The number of ether oxygens (including phenoxy) is 4. The van der Waals surface area contributed by atoms with Crippen LogP contribution in [0.3, 0.4) is 0 Å². The van der Waals surface area contributed by atoms with Crippen molar-refractivity contribution in [1.29, 1.82) is 0 Å². The van der Waals surface area contributed by atoms with Crippen LogP contribution in [0, 0.1) is 5.92 Å². The maximum absolute atomic E-state index is 6.49. The molecule has 14 heteroatoms. The molecule has 0 spiro atoms. The Morgan fingerprint density at radius 1 is 0.939 bits per heavy atom. The van der Waals surface area contributed by atoms with E-state index in [1.165, 1.54) is 32.0 Å². The number of aromatic nitrogens is 7. The summed E-state index contributed by atoms with van der Waals surface area (Å²) in [5.74, 6) is 2.00. The molecule has 3 saturated heterocycles. The number of hydrogen-bond donors (Lipinski definition) is 1. The van der Waals surface area contributed by atoms with Crippen molar-refractivity contribution in [2.24, 2.45) is 5.92 Å². The Bertz CT molecular complexity index is 1660.